The van der Waals surface area contributed by atoms with Crippen LogP contribution in [0.25, 0.3) is 5.57 Å². The van der Waals surface area contributed by atoms with Gasteiger partial charge in [-0.15, -0.1) is 0 Å². The van der Waals surface area contributed by atoms with Gasteiger partial charge in [0.25, 0.3) is 0 Å². The number of carbonyl (C=O) groups is 1. The fourth-order valence-electron chi connectivity index (χ4n) is 5.49. The maximum atomic E-state index is 12.7. The van der Waals surface area contributed by atoms with E-state index in [1.807, 2.05) is 0 Å². The highest BCUT2D eigenvalue weighted by atomic mass is 16.1. The second-order valence-electron chi connectivity index (χ2n) is 9.27. The molecule has 3 nitrogen and oxygen atoms in total. The second-order valence-corrected chi connectivity index (χ2v) is 9.27. The molecule has 0 unspecified atom stereocenters. The third kappa shape index (κ3) is 2.45. The summed E-state index contributed by atoms with van der Waals surface area (Å²) in [6.45, 7) is 2.16. The summed E-state index contributed by atoms with van der Waals surface area (Å²) in [6.07, 6.45) is 8.72. The molecule has 0 amide bonds. The zero-order chi connectivity index (χ0) is 18.9. The number of likely N-dealkylation sites (tertiary alicyclic amines) is 1. The van der Waals surface area contributed by atoms with Gasteiger partial charge in [-0.1, -0.05) is 24.3 Å². The number of rotatable bonds is 2. The van der Waals surface area contributed by atoms with Gasteiger partial charge < -0.3 is 4.90 Å². The quantitative estimate of drug-likeness (QED) is 0.781. The third-order valence-corrected chi connectivity index (χ3v) is 7.43. The van der Waals surface area contributed by atoms with E-state index in [2.05, 4.69) is 48.4 Å². The summed E-state index contributed by atoms with van der Waals surface area (Å²) in [4.78, 5) is 20.1. The van der Waals surface area contributed by atoms with Gasteiger partial charge in [-0.05, 0) is 74.7 Å². The Balaban J connectivity index is 1.39. The molecule has 3 heteroatoms. The van der Waals surface area contributed by atoms with Crippen LogP contribution in [0.5, 0.6) is 0 Å². The van der Waals surface area contributed by atoms with E-state index >= 15 is 0 Å². The topological polar surface area (TPSA) is 33.2 Å². The highest BCUT2D eigenvalue weighted by Crippen LogP contribution is 2.47. The van der Waals surface area contributed by atoms with Crippen molar-refractivity contribution in [1.29, 1.82) is 0 Å². The Labute approximate surface area is 166 Å². The Bertz CT molecular complexity index is 1020. The standard InChI is InChI=1S/C25H26N2O/c1-27-12-10-25(11-13-27)15-24(28)20-5-4-17(14-21(20)25)18-6-9-23-19(18)7-8-22(26-23)16-2-3-16/h4-8,14,16H,2-3,9-13,15H2,1H3. The molecule has 1 saturated heterocycles. The normalized spacial score (nSPS) is 23.0. The van der Waals surface area contributed by atoms with Crippen molar-refractivity contribution in [2.24, 2.45) is 0 Å². The maximum absolute atomic E-state index is 12.7. The van der Waals surface area contributed by atoms with Crippen LogP contribution in [0.4, 0.5) is 0 Å². The van der Waals surface area contributed by atoms with Gasteiger partial charge >= 0.3 is 0 Å². The Morgan fingerprint density at radius 2 is 1.86 bits per heavy atom. The number of fused-ring (bicyclic) bond motifs is 3. The largest absolute Gasteiger partial charge is 0.306 e. The molecule has 2 fully saturated rings. The first kappa shape index (κ1) is 16.7. The lowest BCUT2D eigenvalue weighted by Gasteiger charge is -2.38. The van der Waals surface area contributed by atoms with Crippen molar-refractivity contribution in [3.63, 3.8) is 0 Å². The number of piperidine rings is 1. The van der Waals surface area contributed by atoms with Crippen LogP contribution >= 0.6 is 0 Å². The molecule has 6 rings (SSSR count). The number of hydrogen-bond acceptors (Lipinski definition) is 3. The highest BCUT2D eigenvalue weighted by Gasteiger charge is 2.44. The number of pyridine rings is 1. The van der Waals surface area contributed by atoms with Crippen molar-refractivity contribution < 1.29 is 4.79 Å². The molecule has 4 aliphatic rings. The molecule has 28 heavy (non-hydrogen) atoms. The molecule has 0 bridgehead atoms. The fraction of sp³-hybridized carbons (Fsp3) is 0.440. The Morgan fingerprint density at radius 3 is 2.64 bits per heavy atom. The molecule has 1 aromatic heterocycles. The summed E-state index contributed by atoms with van der Waals surface area (Å²) in [6, 6.07) is 11.1. The summed E-state index contributed by atoms with van der Waals surface area (Å²) >= 11 is 0. The summed E-state index contributed by atoms with van der Waals surface area (Å²) in [5.74, 6) is 1.03. The Hall–Kier alpha value is -2.26. The molecule has 0 N–H and O–H groups in total. The first-order valence-corrected chi connectivity index (χ1v) is 10.7. The average molecular weight is 370 g/mol. The Kier molecular flexibility index (Phi) is 3.49. The molecular formula is C25H26N2O. The predicted molar refractivity (Wildman–Crippen MR) is 111 cm³/mol. The van der Waals surface area contributed by atoms with Gasteiger partial charge in [-0.25, -0.2) is 0 Å². The highest BCUT2D eigenvalue weighted by molar-refractivity contribution is 6.03. The smallest absolute Gasteiger partial charge is 0.164 e. The maximum Gasteiger partial charge on any atom is 0.164 e. The fourth-order valence-corrected chi connectivity index (χ4v) is 5.49. The van der Waals surface area contributed by atoms with Gasteiger partial charge in [0.1, 0.15) is 0 Å². The van der Waals surface area contributed by atoms with Crippen LogP contribution < -0.4 is 0 Å². The minimum atomic E-state index is 0.0605. The van der Waals surface area contributed by atoms with Crippen molar-refractivity contribution in [2.45, 2.75) is 49.9 Å². The molecule has 3 aliphatic carbocycles. The van der Waals surface area contributed by atoms with Crippen LogP contribution in [0.3, 0.4) is 0 Å². The molecule has 1 aromatic carbocycles. The van der Waals surface area contributed by atoms with Crippen LogP contribution in [0.15, 0.2) is 36.4 Å². The first-order valence-electron chi connectivity index (χ1n) is 10.7. The zero-order valence-corrected chi connectivity index (χ0v) is 16.5. The monoisotopic (exact) mass is 370 g/mol. The van der Waals surface area contributed by atoms with Crippen LogP contribution in [0.2, 0.25) is 0 Å². The van der Waals surface area contributed by atoms with Gasteiger partial charge in [0.2, 0.25) is 0 Å². The number of hydrogen-bond donors (Lipinski definition) is 0. The molecule has 0 radical (unpaired) electrons. The molecule has 142 valence electrons. The van der Waals surface area contributed by atoms with E-state index in [-0.39, 0.29) is 5.41 Å². The Morgan fingerprint density at radius 1 is 1.07 bits per heavy atom. The number of ketones is 1. The van der Waals surface area contributed by atoms with E-state index in [0.717, 1.165) is 37.9 Å². The number of carbonyl (C=O) groups excluding carboxylic acids is 1. The summed E-state index contributed by atoms with van der Waals surface area (Å²) in [5.41, 5.74) is 8.68. The molecule has 1 aliphatic heterocycles. The number of allylic oxidation sites excluding steroid dienone is 1. The average Bonchev–Trinajstić information content (AvgIpc) is 3.42. The van der Waals surface area contributed by atoms with Gasteiger partial charge in [0.05, 0.1) is 5.69 Å². The molecule has 0 atom stereocenters. The van der Waals surface area contributed by atoms with E-state index in [4.69, 9.17) is 4.98 Å². The van der Waals surface area contributed by atoms with E-state index < -0.39 is 0 Å². The summed E-state index contributed by atoms with van der Waals surface area (Å²) in [5, 5.41) is 0. The first-order chi connectivity index (χ1) is 13.6. The third-order valence-electron chi connectivity index (χ3n) is 7.43. The predicted octanol–water partition coefficient (Wildman–Crippen LogP) is 4.50. The SMILES string of the molecule is CN1CCC2(CC1)CC(=O)c1ccc(C3=CCc4nc(C5CC5)ccc43)cc12. The van der Waals surface area contributed by atoms with Crippen LogP contribution in [-0.2, 0) is 11.8 Å². The molecule has 2 heterocycles. The summed E-state index contributed by atoms with van der Waals surface area (Å²) in [7, 11) is 2.18. The van der Waals surface area contributed by atoms with Crippen LogP contribution in [-0.4, -0.2) is 35.8 Å². The minimum absolute atomic E-state index is 0.0605. The van der Waals surface area contributed by atoms with Gasteiger partial charge in [-0.2, -0.15) is 0 Å². The number of benzene rings is 1. The van der Waals surface area contributed by atoms with Gasteiger partial charge in [0.15, 0.2) is 5.78 Å². The molecule has 1 saturated carbocycles. The molecule has 2 aromatic rings. The number of Topliss-reactive ketones (excluding diaryl/α,β-unsaturated/α-hetero) is 1. The number of nitrogens with zero attached hydrogens (tertiary/aromatic N) is 2. The van der Waals surface area contributed by atoms with Gasteiger partial charge in [-0.3, -0.25) is 9.78 Å². The lowest BCUT2D eigenvalue weighted by molar-refractivity contribution is 0.0945. The van der Waals surface area contributed by atoms with E-state index in [1.165, 1.54) is 46.5 Å². The van der Waals surface area contributed by atoms with Crippen molar-refractivity contribution in [3.8, 4) is 0 Å². The minimum Gasteiger partial charge on any atom is -0.306 e. The second kappa shape index (κ2) is 5.87. The van der Waals surface area contributed by atoms with Gasteiger partial charge in [0, 0.05) is 41.0 Å². The van der Waals surface area contributed by atoms with E-state index in [0.29, 0.717) is 18.1 Å². The van der Waals surface area contributed by atoms with Crippen molar-refractivity contribution >= 4 is 11.4 Å². The van der Waals surface area contributed by atoms with E-state index in [1.54, 1.807) is 0 Å². The van der Waals surface area contributed by atoms with Crippen molar-refractivity contribution in [1.82, 2.24) is 9.88 Å². The lowest BCUT2D eigenvalue weighted by Crippen LogP contribution is -2.39. The summed E-state index contributed by atoms with van der Waals surface area (Å²) < 4.78 is 0. The molecular weight excluding hydrogens is 344 g/mol. The zero-order valence-electron chi connectivity index (χ0n) is 16.5. The van der Waals surface area contributed by atoms with Crippen LogP contribution in [0.1, 0.15) is 76.5 Å². The van der Waals surface area contributed by atoms with Crippen molar-refractivity contribution in [2.75, 3.05) is 20.1 Å². The van der Waals surface area contributed by atoms with E-state index in [9.17, 15) is 4.79 Å². The van der Waals surface area contributed by atoms with Crippen molar-refractivity contribution in [3.05, 3.63) is 70.0 Å². The lowest BCUT2D eigenvalue weighted by atomic mass is 9.73. The molecule has 1 spiro atoms. The van der Waals surface area contributed by atoms with Crippen LogP contribution in [0, 0.1) is 0 Å². The number of aromatic nitrogens is 1.